The summed E-state index contributed by atoms with van der Waals surface area (Å²) < 4.78 is 5.37. The van der Waals surface area contributed by atoms with Crippen molar-refractivity contribution in [3.05, 3.63) is 63.3 Å². The minimum atomic E-state index is -0.320. The minimum absolute atomic E-state index is 0.00525. The normalized spacial score (nSPS) is 34.9. The summed E-state index contributed by atoms with van der Waals surface area (Å²) in [6.07, 6.45) is 9.90. The van der Waals surface area contributed by atoms with Gasteiger partial charge in [-0.15, -0.1) is 0 Å². The Morgan fingerprint density at radius 3 is 2.41 bits per heavy atom. The van der Waals surface area contributed by atoms with Gasteiger partial charge in [0.1, 0.15) is 11.5 Å². The molecule has 0 N–H and O–H groups in total. The van der Waals surface area contributed by atoms with Crippen LogP contribution < -0.4 is 5.63 Å². The Morgan fingerprint density at radius 1 is 1.03 bits per heavy atom. The molecule has 0 amide bonds. The first kappa shape index (κ1) is 24.6. The van der Waals surface area contributed by atoms with E-state index in [1.54, 1.807) is 13.0 Å². The van der Waals surface area contributed by atoms with Crippen molar-refractivity contribution in [1.29, 1.82) is 0 Å². The van der Waals surface area contributed by atoms with E-state index in [2.05, 4.69) is 27.7 Å². The van der Waals surface area contributed by atoms with Crippen molar-refractivity contribution in [2.45, 2.75) is 80.6 Å². The lowest BCUT2D eigenvalue weighted by Crippen LogP contribution is -2.56. The summed E-state index contributed by atoms with van der Waals surface area (Å²) in [5.74, 6) is 1.80. The van der Waals surface area contributed by atoms with Crippen LogP contribution in [0, 0.1) is 35.0 Å². The molecule has 0 spiro atoms. The molecule has 4 atom stereocenters. The van der Waals surface area contributed by atoms with Gasteiger partial charge in [0.2, 0.25) is 0 Å². The fraction of sp³-hybridized carbons (Fsp3) is 0.567. The second kappa shape index (κ2) is 8.32. The monoisotopic (exact) mass is 462 g/mol. The molecule has 1 aromatic rings. The quantitative estimate of drug-likeness (QED) is 0.374. The Bertz CT molecular complexity index is 1190. The van der Waals surface area contributed by atoms with Crippen molar-refractivity contribution in [3.8, 4) is 0 Å². The molecule has 0 aromatic carbocycles. The summed E-state index contributed by atoms with van der Waals surface area (Å²) in [4.78, 5) is 37.9. The van der Waals surface area contributed by atoms with Gasteiger partial charge in [0, 0.05) is 34.8 Å². The van der Waals surface area contributed by atoms with Gasteiger partial charge in [-0.05, 0) is 80.6 Å². The maximum atomic E-state index is 13.4. The molecule has 4 heteroatoms. The average molecular weight is 463 g/mol. The Balaban J connectivity index is 1.64. The van der Waals surface area contributed by atoms with E-state index in [9.17, 15) is 14.4 Å². The maximum absolute atomic E-state index is 13.4. The van der Waals surface area contributed by atoms with Crippen molar-refractivity contribution in [3.63, 3.8) is 0 Å². The summed E-state index contributed by atoms with van der Waals surface area (Å²) in [7, 11) is 0. The highest BCUT2D eigenvalue weighted by Crippen LogP contribution is 2.68. The summed E-state index contributed by atoms with van der Waals surface area (Å²) >= 11 is 0. The molecule has 3 aliphatic carbocycles. The van der Waals surface area contributed by atoms with Crippen molar-refractivity contribution >= 4 is 17.1 Å². The predicted octanol–water partition coefficient (Wildman–Crippen LogP) is 6.62. The molecule has 0 saturated heterocycles. The molecule has 4 rings (SSSR count). The van der Waals surface area contributed by atoms with E-state index in [-0.39, 0.29) is 33.6 Å². The average Bonchev–Trinajstić information content (AvgIpc) is 3.04. The number of carbonyl (C=O) groups excluding carboxylic acids is 2. The smallest absolute Gasteiger partial charge is 0.339 e. The largest absolute Gasteiger partial charge is 0.423 e. The fourth-order valence-corrected chi connectivity index (χ4v) is 7.58. The van der Waals surface area contributed by atoms with Crippen molar-refractivity contribution < 1.29 is 14.0 Å². The third-order valence-corrected chi connectivity index (χ3v) is 9.52. The zero-order chi connectivity index (χ0) is 25.1. The zero-order valence-corrected chi connectivity index (χ0v) is 21.7. The molecule has 0 aliphatic heterocycles. The van der Waals surface area contributed by atoms with Crippen molar-refractivity contribution in [1.82, 2.24) is 0 Å². The SMILES string of the molecule is CC(=CC=CC(C)=C1C(=O)C[C@@H]2[C@@]3(C)CCC(=O)C(C)(C)[C@@H]3CC[C@]12C)c1ccc(C)c(=O)o1. The summed E-state index contributed by atoms with van der Waals surface area (Å²) in [6, 6.07) is 3.58. The van der Waals surface area contributed by atoms with Gasteiger partial charge < -0.3 is 4.42 Å². The van der Waals surface area contributed by atoms with Gasteiger partial charge in [0.15, 0.2) is 5.78 Å². The van der Waals surface area contributed by atoms with E-state index in [0.29, 0.717) is 35.9 Å². The standard InChI is InChI=1S/C30H38O4/c1-18(22-12-11-20(3)27(33)34-22)9-8-10-19(2)26-21(31)17-24-29(6)16-14-25(32)28(4,5)23(29)13-15-30(24,26)7/h8-12,23-24H,13-17H2,1-7H3/t23-,24+,29-,30-/m0/s1. The second-order valence-electron chi connectivity index (χ2n) is 11.9. The Labute approximate surface area is 203 Å². The third-order valence-electron chi connectivity index (χ3n) is 9.52. The lowest BCUT2D eigenvalue weighted by molar-refractivity contribution is -0.154. The van der Waals surface area contributed by atoms with Crippen LogP contribution in [0.3, 0.4) is 0 Å². The number of allylic oxidation sites excluding steroid dienone is 6. The second-order valence-corrected chi connectivity index (χ2v) is 11.9. The van der Waals surface area contributed by atoms with Gasteiger partial charge in [-0.3, -0.25) is 9.59 Å². The van der Waals surface area contributed by atoms with Gasteiger partial charge in [-0.1, -0.05) is 45.9 Å². The van der Waals surface area contributed by atoms with Gasteiger partial charge >= 0.3 is 5.63 Å². The number of Topliss-reactive ketones (excluding diaryl/α,β-unsaturated/α-hetero) is 2. The molecular weight excluding hydrogens is 424 g/mol. The van der Waals surface area contributed by atoms with Crippen LogP contribution in [0.2, 0.25) is 0 Å². The summed E-state index contributed by atoms with van der Waals surface area (Å²) in [6.45, 7) is 14.5. The van der Waals surface area contributed by atoms with Crippen LogP contribution in [0.25, 0.3) is 5.57 Å². The van der Waals surface area contributed by atoms with Gasteiger partial charge in [0.25, 0.3) is 0 Å². The molecule has 1 aromatic heterocycles. The van der Waals surface area contributed by atoms with E-state index in [1.807, 2.05) is 38.1 Å². The summed E-state index contributed by atoms with van der Waals surface area (Å²) in [5.41, 5.74) is 2.64. The van der Waals surface area contributed by atoms with Crippen LogP contribution >= 0.6 is 0 Å². The van der Waals surface area contributed by atoms with Crippen LogP contribution in [-0.4, -0.2) is 11.6 Å². The molecule has 3 aliphatic rings. The Hall–Kier alpha value is -2.49. The van der Waals surface area contributed by atoms with Gasteiger partial charge in [0.05, 0.1) is 0 Å². The summed E-state index contributed by atoms with van der Waals surface area (Å²) in [5, 5.41) is 0. The maximum Gasteiger partial charge on any atom is 0.339 e. The highest BCUT2D eigenvalue weighted by Gasteiger charge is 2.64. The van der Waals surface area contributed by atoms with Crippen LogP contribution in [0.5, 0.6) is 0 Å². The molecule has 1 heterocycles. The minimum Gasteiger partial charge on any atom is -0.423 e. The first-order valence-electron chi connectivity index (χ1n) is 12.6. The van der Waals surface area contributed by atoms with E-state index in [1.165, 1.54) is 0 Å². The number of carbonyl (C=O) groups is 2. The Morgan fingerprint density at radius 2 is 1.74 bits per heavy atom. The first-order chi connectivity index (χ1) is 15.8. The lowest BCUT2D eigenvalue weighted by Gasteiger charge is -2.60. The van der Waals surface area contributed by atoms with Crippen molar-refractivity contribution in [2.24, 2.45) is 28.1 Å². The third kappa shape index (κ3) is 3.70. The zero-order valence-electron chi connectivity index (χ0n) is 21.7. The van der Waals surface area contributed by atoms with Crippen LogP contribution in [0.15, 0.2) is 50.7 Å². The number of ketones is 2. The number of rotatable bonds is 3. The van der Waals surface area contributed by atoms with Crippen LogP contribution in [-0.2, 0) is 9.59 Å². The number of fused-ring (bicyclic) bond motifs is 3. The highest BCUT2D eigenvalue weighted by atomic mass is 16.4. The molecule has 3 saturated carbocycles. The molecule has 0 bridgehead atoms. The fourth-order valence-electron chi connectivity index (χ4n) is 7.58. The number of hydrogen-bond acceptors (Lipinski definition) is 4. The topological polar surface area (TPSA) is 64.3 Å². The number of hydrogen-bond donors (Lipinski definition) is 0. The van der Waals surface area contributed by atoms with Gasteiger partial charge in [-0.2, -0.15) is 0 Å². The first-order valence-corrected chi connectivity index (χ1v) is 12.6. The molecule has 4 nitrogen and oxygen atoms in total. The number of aryl methyl sites for hydroxylation is 1. The van der Waals surface area contributed by atoms with E-state index >= 15 is 0 Å². The van der Waals surface area contributed by atoms with E-state index in [0.717, 1.165) is 36.0 Å². The van der Waals surface area contributed by atoms with Crippen LogP contribution in [0.4, 0.5) is 0 Å². The van der Waals surface area contributed by atoms with E-state index < -0.39 is 0 Å². The molecule has 3 fully saturated rings. The molecular formula is C30H38O4. The lowest BCUT2D eigenvalue weighted by atomic mass is 9.43. The highest BCUT2D eigenvalue weighted by molar-refractivity contribution is 6.01. The van der Waals surface area contributed by atoms with Crippen LogP contribution in [0.1, 0.15) is 85.0 Å². The van der Waals surface area contributed by atoms with E-state index in [4.69, 9.17) is 4.42 Å². The Kier molecular flexibility index (Phi) is 6.03. The predicted molar refractivity (Wildman–Crippen MR) is 135 cm³/mol. The molecule has 182 valence electrons. The van der Waals surface area contributed by atoms with Gasteiger partial charge in [-0.25, -0.2) is 4.79 Å². The molecule has 0 radical (unpaired) electrons. The van der Waals surface area contributed by atoms with Crippen molar-refractivity contribution in [2.75, 3.05) is 0 Å². The molecule has 34 heavy (non-hydrogen) atoms. The molecule has 0 unspecified atom stereocenters.